The van der Waals surface area contributed by atoms with Crippen molar-refractivity contribution in [3.8, 4) is 5.75 Å². The molecule has 0 atom stereocenters. The molecular formula is C30H26N4O4S. The highest BCUT2D eigenvalue weighted by Crippen LogP contribution is 2.22. The lowest BCUT2D eigenvalue weighted by molar-refractivity contribution is -0.114. The largest absolute Gasteiger partial charge is 0.497 e. The smallest absolute Gasteiger partial charge is 0.272 e. The van der Waals surface area contributed by atoms with Gasteiger partial charge in [-0.05, 0) is 78.4 Å². The number of carbonyl (C=O) groups is 3. The van der Waals surface area contributed by atoms with E-state index in [-0.39, 0.29) is 17.4 Å². The van der Waals surface area contributed by atoms with Gasteiger partial charge in [0, 0.05) is 34.2 Å². The van der Waals surface area contributed by atoms with Crippen molar-refractivity contribution in [2.75, 3.05) is 23.5 Å². The molecule has 0 saturated heterocycles. The maximum Gasteiger partial charge on any atom is 0.272 e. The Hall–Kier alpha value is -4.89. The zero-order chi connectivity index (χ0) is 27.5. The number of amides is 3. The second-order valence-electron chi connectivity index (χ2n) is 8.21. The fraction of sp³-hybridized carbons (Fsp3) is 0.0667. The van der Waals surface area contributed by atoms with Crippen molar-refractivity contribution in [3.05, 3.63) is 120 Å². The summed E-state index contributed by atoms with van der Waals surface area (Å²) in [6.45, 7) is 0. The van der Waals surface area contributed by atoms with Crippen molar-refractivity contribution in [3.63, 3.8) is 0 Å². The van der Waals surface area contributed by atoms with Gasteiger partial charge >= 0.3 is 0 Å². The number of anilines is 2. The maximum absolute atomic E-state index is 13.1. The summed E-state index contributed by atoms with van der Waals surface area (Å²) in [4.78, 5) is 43.1. The van der Waals surface area contributed by atoms with Crippen LogP contribution in [0.4, 0.5) is 11.4 Å². The van der Waals surface area contributed by atoms with Gasteiger partial charge in [0.05, 0.1) is 12.9 Å². The number of benzene rings is 3. The number of carbonyl (C=O) groups excluding carboxylic acids is 3. The molecular weight excluding hydrogens is 512 g/mol. The number of nitrogens with zero attached hydrogens (tertiary/aromatic N) is 1. The van der Waals surface area contributed by atoms with Gasteiger partial charge in [0.25, 0.3) is 11.8 Å². The first-order valence-corrected chi connectivity index (χ1v) is 12.9. The van der Waals surface area contributed by atoms with Crippen LogP contribution >= 0.6 is 11.8 Å². The predicted octanol–water partition coefficient (Wildman–Crippen LogP) is 5.23. The van der Waals surface area contributed by atoms with Gasteiger partial charge in [-0.1, -0.05) is 24.3 Å². The van der Waals surface area contributed by atoms with Crippen molar-refractivity contribution in [2.24, 2.45) is 0 Å². The minimum absolute atomic E-state index is 0.0745. The lowest BCUT2D eigenvalue weighted by Crippen LogP contribution is -2.30. The van der Waals surface area contributed by atoms with Crippen molar-refractivity contribution in [1.29, 1.82) is 0 Å². The van der Waals surface area contributed by atoms with Crippen LogP contribution in [0.25, 0.3) is 6.08 Å². The molecule has 0 spiro atoms. The third-order valence-electron chi connectivity index (χ3n) is 5.38. The number of ether oxygens (including phenoxy) is 1. The lowest BCUT2D eigenvalue weighted by Gasteiger charge is -2.12. The van der Waals surface area contributed by atoms with Gasteiger partial charge in [-0.15, -0.1) is 11.8 Å². The Labute approximate surface area is 230 Å². The second kappa shape index (κ2) is 13.6. The molecule has 3 aromatic carbocycles. The van der Waals surface area contributed by atoms with E-state index in [0.29, 0.717) is 28.3 Å². The van der Waals surface area contributed by atoms with Gasteiger partial charge in [-0.2, -0.15) is 0 Å². The average molecular weight is 539 g/mol. The van der Waals surface area contributed by atoms with E-state index in [2.05, 4.69) is 20.9 Å². The van der Waals surface area contributed by atoms with Crippen LogP contribution in [0.3, 0.4) is 0 Å². The van der Waals surface area contributed by atoms with Crippen LogP contribution in [-0.2, 0) is 9.59 Å². The molecule has 196 valence electrons. The Balaban J connectivity index is 1.36. The molecule has 0 aliphatic rings. The minimum Gasteiger partial charge on any atom is -0.497 e. The molecule has 0 saturated carbocycles. The van der Waals surface area contributed by atoms with Crippen LogP contribution < -0.4 is 20.7 Å². The SMILES string of the molecule is COc1ccc(NC(=O)CSc2ccc(NC(=O)/C(=C/c3cccnc3)NC(=O)c3ccccc3)cc2)cc1. The van der Waals surface area contributed by atoms with Crippen LogP contribution in [-0.4, -0.2) is 35.6 Å². The number of aromatic nitrogens is 1. The Morgan fingerprint density at radius 1 is 0.846 bits per heavy atom. The summed E-state index contributed by atoms with van der Waals surface area (Å²) < 4.78 is 5.12. The minimum atomic E-state index is -0.484. The molecule has 1 aromatic heterocycles. The van der Waals surface area contributed by atoms with E-state index in [4.69, 9.17) is 4.74 Å². The van der Waals surface area contributed by atoms with Crippen molar-refractivity contribution < 1.29 is 19.1 Å². The molecule has 4 aromatic rings. The fourth-order valence-corrected chi connectivity index (χ4v) is 4.12. The highest BCUT2D eigenvalue weighted by molar-refractivity contribution is 8.00. The molecule has 0 aliphatic heterocycles. The third kappa shape index (κ3) is 8.31. The second-order valence-corrected chi connectivity index (χ2v) is 9.26. The summed E-state index contributed by atoms with van der Waals surface area (Å²) in [7, 11) is 1.59. The molecule has 39 heavy (non-hydrogen) atoms. The molecule has 3 amide bonds. The van der Waals surface area contributed by atoms with E-state index in [1.54, 1.807) is 98.4 Å². The first kappa shape index (κ1) is 27.2. The van der Waals surface area contributed by atoms with Crippen molar-refractivity contribution in [1.82, 2.24) is 10.3 Å². The van der Waals surface area contributed by atoms with Gasteiger partial charge in [0.2, 0.25) is 5.91 Å². The number of pyridine rings is 1. The number of rotatable bonds is 10. The fourth-order valence-electron chi connectivity index (χ4n) is 3.42. The molecule has 8 nitrogen and oxygen atoms in total. The molecule has 0 radical (unpaired) electrons. The van der Waals surface area contributed by atoms with E-state index < -0.39 is 11.8 Å². The zero-order valence-electron chi connectivity index (χ0n) is 21.1. The van der Waals surface area contributed by atoms with E-state index in [1.807, 2.05) is 18.2 Å². The topological polar surface area (TPSA) is 109 Å². The standard InChI is InChI=1S/C30H26N4O4S/c1-38-25-13-9-23(10-14-25)32-28(35)20-39-26-15-11-24(12-16-26)33-30(37)27(18-21-6-5-17-31-19-21)34-29(36)22-7-3-2-4-8-22/h2-19H,20H2,1H3,(H,32,35)(H,33,37)(H,34,36)/b27-18-. The van der Waals surface area contributed by atoms with E-state index in [0.717, 1.165) is 4.90 Å². The molecule has 0 bridgehead atoms. The molecule has 0 fully saturated rings. The predicted molar refractivity (Wildman–Crippen MR) is 154 cm³/mol. The number of hydrogen-bond donors (Lipinski definition) is 3. The number of nitrogens with one attached hydrogen (secondary N) is 3. The average Bonchev–Trinajstić information content (AvgIpc) is 2.98. The quantitative estimate of drug-likeness (QED) is 0.188. The first-order valence-electron chi connectivity index (χ1n) is 12.0. The van der Waals surface area contributed by atoms with Crippen LogP contribution in [0, 0.1) is 0 Å². The van der Waals surface area contributed by atoms with Crippen LogP contribution in [0.1, 0.15) is 15.9 Å². The van der Waals surface area contributed by atoms with Gasteiger partial charge in [0.15, 0.2) is 0 Å². The zero-order valence-corrected chi connectivity index (χ0v) is 21.9. The molecule has 0 unspecified atom stereocenters. The molecule has 9 heteroatoms. The van der Waals surface area contributed by atoms with Crippen LogP contribution in [0.2, 0.25) is 0 Å². The summed E-state index contributed by atoms with van der Waals surface area (Å²) in [6, 6.07) is 26.4. The molecule has 1 heterocycles. The lowest BCUT2D eigenvalue weighted by atomic mass is 10.2. The third-order valence-corrected chi connectivity index (χ3v) is 6.39. The van der Waals surface area contributed by atoms with Gasteiger partial charge in [-0.3, -0.25) is 19.4 Å². The van der Waals surface area contributed by atoms with Gasteiger partial charge in [-0.25, -0.2) is 0 Å². The molecule has 0 aliphatic carbocycles. The Kier molecular flexibility index (Phi) is 9.47. The van der Waals surface area contributed by atoms with Gasteiger partial charge < -0.3 is 20.7 Å². The van der Waals surface area contributed by atoms with Crippen molar-refractivity contribution >= 4 is 46.9 Å². The van der Waals surface area contributed by atoms with E-state index >= 15 is 0 Å². The number of methoxy groups -OCH3 is 1. The van der Waals surface area contributed by atoms with Gasteiger partial charge in [0.1, 0.15) is 11.4 Å². The summed E-state index contributed by atoms with van der Waals surface area (Å²) in [5, 5.41) is 8.35. The van der Waals surface area contributed by atoms with E-state index in [9.17, 15) is 14.4 Å². The molecule has 4 rings (SSSR count). The summed E-state index contributed by atoms with van der Waals surface area (Å²) in [5.74, 6) is -0.0843. The Morgan fingerprint density at radius 2 is 1.54 bits per heavy atom. The first-order chi connectivity index (χ1) is 19.0. The molecule has 3 N–H and O–H groups in total. The van der Waals surface area contributed by atoms with Crippen LogP contribution in [0.15, 0.2) is 114 Å². The van der Waals surface area contributed by atoms with E-state index in [1.165, 1.54) is 11.8 Å². The monoisotopic (exact) mass is 538 g/mol. The number of thioether (sulfide) groups is 1. The van der Waals surface area contributed by atoms with Crippen LogP contribution in [0.5, 0.6) is 5.75 Å². The Bertz CT molecular complexity index is 1440. The Morgan fingerprint density at radius 3 is 2.21 bits per heavy atom. The maximum atomic E-state index is 13.1. The summed E-state index contributed by atoms with van der Waals surface area (Å²) in [5.41, 5.74) is 2.40. The summed E-state index contributed by atoms with van der Waals surface area (Å²) >= 11 is 1.37. The van der Waals surface area contributed by atoms with Crippen molar-refractivity contribution in [2.45, 2.75) is 4.90 Å². The normalized spacial score (nSPS) is 10.8. The highest BCUT2D eigenvalue weighted by atomic mass is 32.2. The number of hydrogen-bond acceptors (Lipinski definition) is 6. The highest BCUT2D eigenvalue weighted by Gasteiger charge is 2.15. The summed E-state index contributed by atoms with van der Waals surface area (Å²) in [6.07, 6.45) is 4.79.